The summed E-state index contributed by atoms with van der Waals surface area (Å²) in [5.74, 6) is 0.613. The van der Waals surface area contributed by atoms with E-state index in [0.717, 1.165) is 14.7 Å². The van der Waals surface area contributed by atoms with Crippen LogP contribution in [0.2, 0.25) is 0 Å². The third-order valence-electron chi connectivity index (χ3n) is 1.94. The van der Waals surface area contributed by atoms with Crippen LogP contribution in [-0.2, 0) is 5.75 Å². The lowest BCUT2D eigenvalue weighted by atomic mass is 9.79. The first kappa shape index (κ1) is 11.4. The van der Waals surface area contributed by atoms with Crippen molar-refractivity contribution in [1.82, 2.24) is 0 Å². The summed E-state index contributed by atoms with van der Waals surface area (Å²) in [6.45, 7) is 2.00. The van der Waals surface area contributed by atoms with Crippen molar-refractivity contribution in [1.29, 1.82) is 0 Å². The Morgan fingerprint density at radius 2 is 2.08 bits per heavy atom. The van der Waals surface area contributed by atoms with Gasteiger partial charge in [0.1, 0.15) is 0 Å². The highest BCUT2D eigenvalue weighted by molar-refractivity contribution is 14.1. The molecule has 0 aliphatic carbocycles. The van der Waals surface area contributed by atoms with Crippen LogP contribution in [-0.4, -0.2) is 17.2 Å². The van der Waals surface area contributed by atoms with E-state index in [-0.39, 0.29) is 0 Å². The monoisotopic (exact) mass is 308 g/mol. The van der Waals surface area contributed by atoms with Gasteiger partial charge in [0, 0.05) is 9.32 Å². The minimum atomic E-state index is -1.40. The van der Waals surface area contributed by atoms with Gasteiger partial charge in [-0.05, 0) is 52.2 Å². The molecule has 70 valence electrons. The van der Waals surface area contributed by atoms with Gasteiger partial charge in [0.2, 0.25) is 0 Å². The van der Waals surface area contributed by atoms with Crippen molar-refractivity contribution in [3.8, 4) is 0 Å². The molecule has 0 spiro atoms. The van der Waals surface area contributed by atoms with Gasteiger partial charge in [-0.3, -0.25) is 0 Å². The van der Waals surface area contributed by atoms with E-state index in [1.165, 1.54) is 0 Å². The van der Waals surface area contributed by atoms with Crippen molar-refractivity contribution in [2.75, 3.05) is 0 Å². The first-order valence-corrected chi connectivity index (χ1v) is 5.53. The number of rotatable bonds is 2. The quantitative estimate of drug-likeness (QED) is 0.428. The van der Waals surface area contributed by atoms with Crippen LogP contribution >= 0.6 is 35.2 Å². The largest absolute Gasteiger partial charge is 0.488 e. The molecule has 13 heavy (non-hydrogen) atoms. The topological polar surface area (TPSA) is 40.5 Å². The molecular formula is C8H10BIO2S. The summed E-state index contributed by atoms with van der Waals surface area (Å²) >= 11 is 6.35. The molecule has 0 unspecified atom stereocenters. The second-order valence-electron chi connectivity index (χ2n) is 2.82. The molecule has 1 aromatic carbocycles. The van der Waals surface area contributed by atoms with E-state index in [9.17, 15) is 0 Å². The van der Waals surface area contributed by atoms with Crippen molar-refractivity contribution < 1.29 is 10.0 Å². The van der Waals surface area contributed by atoms with Crippen molar-refractivity contribution >= 4 is 47.8 Å². The summed E-state index contributed by atoms with van der Waals surface area (Å²) in [4.78, 5) is 0. The van der Waals surface area contributed by atoms with Crippen molar-refractivity contribution in [3.05, 3.63) is 26.8 Å². The molecule has 0 fully saturated rings. The molecule has 2 nitrogen and oxygen atoms in total. The summed E-state index contributed by atoms with van der Waals surface area (Å²) in [6, 6.07) is 3.54. The molecule has 1 aromatic rings. The normalized spacial score (nSPS) is 10.2. The third-order valence-corrected chi connectivity index (χ3v) is 3.40. The minimum Gasteiger partial charge on any atom is -0.423 e. The predicted molar refractivity (Wildman–Crippen MR) is 66.4 cm³/mol. The minimum absolute atomic E-state index is 0.527. The van der Waals surface area contributed by atoms with Crippen LogP contribution in [0.25, 0.3) is 0 Å². The van der Waals surface area contributed by atoms with Gasteiger partial charge in [-0.25, -0.2) is 0 Å². The summed E-state index contributed by atoms with van der Waals surface area (Å²) in [6.07, 6.45) is 0. The smallest absolute Gasteiger partial charge is 0.423 e. The van der Waals surface area contributed by atoms with Crippen LogP contribution in [0.3, 0.4) is 0 Å². The first-order chi connectivity index (χ1) is 6.06. The Bertz CT molecular complexity index is 317. The molecule has 0 amide bonds. The molecule has 5 heteroatoms. The van der Waals surface area contributed by atoms with Crippen LogP contribution < -0.4 is 5.46 Å². The van der Waals surface area contributed by atoms with E-state index in [0.29, 0.717) is 11.2 Å². The lowest BCUT2D eigenvalue weighted by Crippen LogP contribution is -2.30. The first-order valence-electron chi connectivity index (χ1n) is 3.82. The number of hydrogen-bond acceptors (Lipinski definition) is 3. The Kier molecular flexibility index (Phi) is 4.09. The van der Waals surface area contributed by atoms with Crippen molar-refractivity contribution in [2.45, 2.75) is 12.7 Å². The van der Waals surface area contributed by atoms with Gasteiger partial charge in [-0.15, -0.1) is 0 Å². The maximum Gasteiger partial charge on any atom is 0.488 e. The number of benzene rings is 1. The lowest BCUT2D eigenvalue weighted by molar-refractivity contribution is 0.425. The van der Waals surface area contributed by atoms with Gasteiger partial charge in [-0.1, -0.05) is 6.07 Å². The van der Waals surface area contributed by atoms with Crippen LogP contribution in [0.5, 0.6) is 0 Å². The van der Waals surface area contributed by atoms with Crippen LogP contribution in [0, 0.1) is 10.5 Å². The summed E-state index contributed by atoms with van der Waals surface area (Å²) in [7, 11) is -1.40. The maximum absolute atomic E-state index is 8.99. The second kappa shape index (κ2) is 4.68. The van der Waals surface area contributed by atoms with Gasteiger partial charge < -0.3 is 10.0 Å². The fourth-order valence-electron chi connectivity index (χ4n) is 1.07. The Morgan fingerprint density at radius 1 is 1.46 bits per heavy atom. The van der Waals surface area contributed by atoms with Gasteiger partial charge in [0.15, 0.2) is 0 Å². The molecule has 0 atom stereocenters. The average molecular weight is 308 g/mol. The molecule has 0 saturated heterocycles. The third kappa shape index (κ3) is 2.62. The second-order valence-corrected chi connectivity index (χ2v) is 4.30. The zero-order valence-electron chi connectivity index (χ0n) is 7.16. The SMILES string of the molecule is Cc1c(I)cc(B(O)O)cc1CS. The van der Waals surface area contributed by atoms with E-state index >= 15 is 0 Å². The number of halogens is 1. The van der Waals surface area contributed by atoms with E-state index in [1.807, 2.05) is 6.92 Å². The number of hydrogen-bond donors (Lipinski definition) is 3. The van der Waals surface area contributed by atoms with Crippen LogP contribution in [0.1, 0.15) is 11.1 Å². The standard InChI is InChI=1S/C8H10BIO2S/c1-5-6(4-13)2-7(9(11)12)3-8(5)10/h2-3,11-13H,4H2,1H3. The summed E-state index contributed by atoms with van der Waals surface area (Å²) in [5, 5.41) is 18.0. The van der Waals surface area contributed by atoms with E-state index in [2.05, 4.69) is 35.2 Å². The lowest BCUT2D eigenvalue weighted by Gasteiger charge is -2.08. The molecule has 0 bridgehead atoms. The van der Waals surface area contributed by atoms with E-state index in [1.54, 1.807) is 12.1 Å². The molecule has 0 aliphatic rings. The van der Waals surface area contributed by atoms with Gasteiger partial charge in [-0.2, -0.15) is 12.6 Å². The van der Waals surface area contributed by atoms with E-state index < -0.39 is 7.12 Å². The van der Waals surface area contributed by atoms with Crippen molar-refractivity contribution in [3.63, 3.8) is 0 Å². The Morgan fingerprint density at radius 3 is 2.54 bits per heavy atom. The molecular weight excluding hydrogens is 298 g/mol. The fraction of sp³-hybridized carbons (Fsp3) is 0.250. The molecule has 0 aromatic heterocycles. The molecule has 0 radical (unpaired) electrons. The van der Waals surface area contributed by atoms with Crippen LogP contribution in [0.15, 0.2) is 12.1 Å². The van der Waals surface area contributed by atoms with Gasteiger partial charge in [0.05, 0.1) is 0 Å². The predicted octanol–water partition coefficient (Wildman–Crippen LogP) is 0.709. The highest BCUT2D eigenvalue weighted by atomic mass is 127. The molecule has 2 N–H and O–H groups in total. The van der Waals surface area contributed by atoms with Crippen molar-refractivity contribution in [2.24, 2.45) is 0 Å². The van der Waals surface area contributed by atoms with Gasteiger partial charge >= 0.3 is 7.12 Å². The molecule has 0 saturated carbocycles. The zero-order chi connectivity index (χ0) is 10.0. The average Bonchev–Trinajstić information content (AvgIpc) is 2.09. The summed E-state index contributed by atoms with van der Waals surface area (Å²) in [5.41, 5.74) is 2.72. The number of thiol groups is 1. The highest BCUT2D eigenvalue weighted by Gasteiger charge is 2.13. The Balaban J connectivity index is 3.22. The fourth-order valence-corrected chi connectivity index (χ4v) is 2.11. The zero-order valence-corrected chi connectivity index (χ0v) is 10.2. The Labute approximate surface area is 97.1 Å². The highest BCUT2D eigenvalue weighted by Crippen LogP contribution is 2.16. The molecule has 0 aliphatic heterocycles. The van der Waals surface area contributed by atoms with Crippen LogP contribution in [0.4, 0.5) is 0 Å². The molecule has 1 rings (SSSR count). The van der Waals surface area contributed by atoms with Gasteiger partial charge in [0.25, 0.3) is 0 Å². The maximum atomic E-state index is 8.99. The molecule has 0 heterocycles. The van der Waals surface area contributed by atoms with E-state index in [4.69, 9.17) is 10.0 Å². The Hall–Kier alpha value is 0.285. The summed E-state index contributed by atoms with van der Waals surface area (Å²) < 4.78 is 1.03.